The molecule has 0 amide bonds. The van der Waals surface area contributed by atoms with Crippen molar-refractivity contribution in [3.63, 3.8) is 0 Å². The molecule has 11 aromatic heterocycles. The Morgan fingerprint density at radius 3 is 1.35 bits per heavy atom. The number of aromatic amines is 1. The van der Waals surface area contributed by atoms with Crippen molar-refractivity contribution in [1.82, 2.24) is 38.6 Å². The molecule has 1 fully saturated rings. The van der Waals surface area contributed by atoms with Gasteiger partial charge in [0.15, 0.2) is 15.4 Å². The lowest BCUT2D eigenvalue weighted by atomic mass is 9.86. The van der Waals surface area contributed by atoms with E-state index < -0.39 is 49.3 Å². The summed E-state index contributed by atoms with van der Waals surface area (Å²) in [5, 5.41) is 33.0. The fraction of sp³-hybridized carbons (Fsp3) is 0.247. The van der Waals surface area contributed by atoms with Crippen LogP contribution in [-0.4, -0.2) is 109 Å². The van der Waals surface area contributed by atoms with Crippen molar-refractivity contribution in [3.05, 3.63) is 196 Å². The molecule has 12 heterocycles. The molecule has 1 aliphatic heterocycles. The molecule has 0 radical (unpaired) electrons. The number of halogens is 6. The number of furan rings is 3. The molecule has 0 bridgehead atoms. The molecule has 0 aliphatic carbocycles. The van der Waals surface area contributed by atoms with Crippen molar-refractivity contribution in [2.45, 2.75) is 118 Å². The van der Waals surface area contributed by atoms with Crippen LogP contribution in [0.3, 0.4) is 0 Å². The lowest BCUT2D eigenvalue weighted by Gasteiger charge is -2.32. The van der Waals surface area contributed by atoms with Crippen LogP contribution >= 0.6 is 128 Å². The first-order valence-corrected chi connectivity index (χ1v) is 39.3. The second-order valence-electron chi connectivity index (χ2n) is 27.2. The van der Waals surface area contributed by atoms with E-state index >= 15 is 0 Å². The quantitative estimate of drug-likeness (QED) is 0.0989. The number of hydrogen-bond donors (Lipinski definition) is 3. The fourth-order valence-corrected chi connectivity index (χ4v) is 14.7. The van der Waals surface area contributed by atoms with E-state index in [2.05, 4.69) is 72.7 Å². The third-order valence-corrected chi connectivity index (χ3v) is 21.1. The van der Waals surface area contributed by atoms with Crippen LogP contribution in [0.5, 0.6) is 0 Å². The van der Waals surface area contributed by atoms with E-state index in [-0.39, 0.29) is 16.8 Å². The smallest absolute Gasteiger partial charge is 0.465 e. The highest BCUT2D eigenvalue weighted by molar-refractivity contribution is 9.11. The number of H-pyrrole nitrogens is 1. The van der Waals surface area contributed by atoms with Gasteiger partial charge in [-0.3, -0.25) is 13.7 Å². The molecule has 106 heavy (non-hydrogen) atoms. The Balaban J connectivity index is 0.000000140. The number of rotatable bonds is 7. The first kappa shape index (κ1) is 81.1. The number of fused-ring (bicyclic) bond motifs is 3. The van der Waals surface area contributed by atoms with E-state index in [1.165, 1.54) is 44.1 Å². The maximum absolute atomic E-state index is 12.4. The van der Waals surface area contributed by atoms with Gasteiger partial charge in [-0.2, -0.15) is 0 Å². The van der Waals surface area contributed by atoms with Crippen molar-refractivity contribution in [2.24, 2.45) is 0 Å². The Kier molecular flexibility index (Phi) is 26.1. The van der Waals surface area contributed by atoms with Crippen LogP contribution in [0.25, 0.3) is 87.9 Å². The molecule has 3 aromatic carbocycles. The molecule has 0 spiro atoms. The van der Waals surface area contributed by atoms with Crippen LogP contribution in [0.4, 0.5) is 14.4 Å². The van der Waals surface area contributed by atoms with Gasteiger partial charge in [-0.1, -0.05) is 34.8 Å². The second-order valence-corrected chi connectivity index (χ2v) is 34.9. The summed E-state index contributed by atoms with van der Waals surface area (Å²) in [4.78, 5) is 56.7. The zero-order valence-electron chi connectivity index (χ0n) is 59.2. The minimum Gasteiger partial charge on any atom is -0.465 e. The van der Waals surface area contributed by atoms with Crippen LogP contribution in [0.1, 0.15) is 90.0 Å². The molecule has 14 aromatic rings. The molecule has 15 rings (SSSR count). The largest absolute Gasteiger partial charge is 0.532 e. The maximum Gasteiger partial charge on any atom is 0.532 e. The summed E-state index contributed by atoms with van der Waals surface area (Å²) in [5.74, 6) is 1.42. The number of aromatic nitrogens is 8. The van der Waals surface area contributed by atoms with E-state index in [4.69, 9.17) is 81.6 Å². The van der Waals surface area contributed by atoms with Gasteiger partial charge >= 0.3 is 32.5 Å². The van der Waals surface area contributed by atoms with E-state index in [1.807, 2.05) is 182 Å². The Morgan fingerprint density at radius 2 is 0.925 bits per heavy atom. The number of carbonyl (C=O) groups excluding carboxylic acids is 3. The van der Waals surface area contributed by atoms with E-state index in [0.29, 0.717) is 48.5 Å². The van der Waals surface area contributed by atoms with Crippen molar-refractivity contribution < 1.29 is 61.2 Å². The van der Waals surface area contributed by atoms with Crippen LogP contribution in [-0.2, 0) is 23.5 Å². The van der Waals surface area contributed by atoms with Gasteiger partial charge in [-0.25, -0.2) is 34.3 Å². The summed E-state index contributed by atoms with van der Waals surface area (Å²) in [6.07, 6.45) is 5.21. The van der Waals surface area contributed by atoms with Crippen LogP contribution in [0.2, 0.25) is 15.1 Å². The maximum atomic E-state index is 12.4. The number of benzene rings is 3. The summed E-state index contributed by atoms with van der Waals surface area (Å²) in [6, 6.07) is 36.8. The SMILES string of the molecule is Brc1csc(Br)n1.CC(C)(C)OC(=O)n1cccc1-c1nc(-c2cc3ccc(Cl)cc3o2)cs1.CC(C)(C)OC(=O)n1cccc1-c1nc(Br)cs1.CC(C)(C)OC(=O)n1cccc1B(O)O.CC1(C)OB(c2cc3ccc(Cl)cc3o2)OC1(C)C.Clc1ccc2cc(-c3csc(-c4ccc[nH]4)n3)oc2c1. The van der Waals surface area contributed by atoms with Crippen molar-refractivity contribution >= 4 is 205 Å². The first-order valence-electron chi connectivity index (χ1n) is 32.3. The number of hydrogen-bond acceptors (Lipinski definition) is 21. The van der Waals surface area contributed by atoms with Gasteiger partial charge in [0.25, 0.3) is 0 Å². The molecule has 1 saturated heterocycles. The third-order valence-electron chi connectivity index (χ3n) is 15.0. The minimum atomic E-state index is -1.69. The fourth-order valence-electron chi connectivity index (χ4n) is 9.58. The minimum absolute atomic E-state index is 0.0873. The molecular weight excluding hydrogens is 1690 g/mol. The van der Waals surface area contributed by atoms with Gasteiger partial charge in [0.1, 0.15) is 74.8 Å². The lowest BCUT2D eigenvalue weighted by Crippen LogP contribution is -2.41. The van der Waals surface area contributed by atoms with Gasteiger partial charge in [0.05, 0.1) is 33.9 Å². The zero-order valence-corrected chi connectivity index (χ0v) is 69.5. The van der Waals surface area contributed by atoms with Crippen molar-refractivity contribution in [2.75, 3.05) is 0 Å². The summed E-state index contributed by atoms with van der Waals surface area (Å²) in [6.45, 7) is 24.3. The summed E-state index contributed by atoms with van der Waals surface area (Å²) in [7, 11) is -2.16. The van der Waals surface area contributed by atoms with Crippen molar-refractivity contribution in [1.29, 1.82) is 0 Å². The molecule has 1 aliphatic rings. The van der Waals surface area contributed by atoms with Crippen LogP contribution in [0.15, 0.2) is 194 Å². The number of nitrogens with one attached hydrogen (secondary N) is 1. The van der Waals surface area contributed by atoms with Crippen molar-refractivity contribution in [3.8, 4) is 55.0 Å². The average molecular weight is 1760 g/mol. The molecule has 0 saturated carbocycles. The van der Waals surface area contributed by atoms with Crippen LogP contribution in [0, 0.1) is 0 Å². The standard InChI is InChI=1S/C20H17ClN2O3S.C15H9ClN2OS.C14H16BClO3.C12H13BrN2O2S.C9H14BNO4.C3HBr2NS/c1-20(2,3)26-19(24)23-8-4-5-15(23)18-22-14(11-27-18)17-9-12-6-7-13(21)10-16(12)25-17;16-10-4-3-9-6-14(19-13(9)7-10)12-8-20-15(18-12)11-2-1-5-17-11;1-13(2)14(3,4)19-15(18-13)12-7-9-5-6-10(16)8-11(9)17-12;1-12(2,3)17-11(16)15-6-4-5-8(15)10-14-9(13)7-18-10;1-9(2,3)15-8(12)11-6-4-5-7(11)10(13)14;4-2-1-7-3(5)6-2/h4-11H,1-3H3;1-8,17H;5-8H,1-4H3;4-7H,1-3H3;4-6,13-14H,1-3H3;1H. The Morgan fingerprint density at radius 1 is 0.509 bits per heavy atom. The monoisotopic (exact) mass is 1760 g/mol. The lowest BCUT2D eigenvalue weighted by molar-refractivity contribution is 0.00578. The predicted octanol–water partition coefficient (Wildman–Crippen LogP) is 21.8. The van der Waals surface area contributed by atoms with E-state index in [1.54, 1.807) is 86.2 Å². The highest BCUT2D eigenvalue weighted by Gasteiger charge is 2.53. The molecule has 0 unspecified atom stereocenters. The summed E-state index contributed by atoms with van der Waals surface area (Å²) >= 11 is 33.7. The Labute approximate surface area is 667 Å². The highest BCUT2D eigenvalue weighted by Crippen LogP contribution is 2.39. The van der Waals surface area contributed by atoms with Gasteiger partial charge in [0, 0.05) is 89.7 Å². The average Bonchev–Trinajstić information content (AvgIpc) is 1.64. The second kappa shape index (κ2) is 34.0. The Bertz CT molecular complexity index is 5310. The molecule has 552 valence electrons. The molecular formula is C73H70B2Br3Cl3N8O13S4. The van der Waals surface area contributed by atoms with Gasteiger partial charge in [-0.15, -0.1) is 45.3 Å². The van der Waals surface area contributed by atoms with Crippen LogP contribution < -0.4 is 11.3 Å². The molecule has 3 N–H and O–H groups in total. The Hall–Kier alpha value is -7.39. The first-order chi connectivity index (χ1) is 49.8. The van der Waals surface area contributed by atoms with E-state index in [0.717, 1.165) is 77.9 Å². The summed E-state index contributed by atoms with van der Waals surface area (Å²) in [5.41, 5.74) is 4.56. The van der Waals surface area contributed by atoms with E-state index in [9.17, 15) is 14.4 Å². The van der Waals surface area contributed by atoms with Gasteiger partial charge in [0.2, 0.25) is 0 Å². The number of nitrogens with zero attached hydrogens (tertiary/aromatic N) is 7. The number of ether oxygens (including phenoxy) is 3. The number of thiazole rings is 4. The van der Waals surface area contributed by atoms with Gasteiger partial charge in [-0.05, 0) is 247 Å². The molecule has 21 nitrogen and oxygen atoms in total. The third kappa shape index (κ3) is 21.5. The summed E-state index contributed by atoms with van der Waals surface area (Å²) < 4.78 is 51.8. The zero-order chi connectivity index (χ0) is 76.8. The topological polar surface area (TPSA) is 259 Å². The normalized spacial score (nSPS) is 13.1. The predicted molar refractivity (Wildman–Crippen MR) is 435 cm³/mol. The highest BCUT2D eigenvalue weighted by atomic mass is 79.9. The molecule has 33 heteroatoms. The molecule has 0 atom stereocenters. The number of carbonyl (C=O) groups is 3. The van der Waals surface area contributed by atoms with Gasteiger partial charge < -0.3 is 51.8 Å².